The van der Waals surface area contributed by atoms with Gasteiger partial charge in [-0.25, -0.2) is 0 Å². The van der Waals surface area contributed by atoms with Crippen molar-refractivity contribution in [3.05, 3.63) is 0 Å². The molecule has 1 unspecified atom stereocenters. The van der Waals surface area contributed by atoms with E-state index in [9.17, 15) is 0 Å². The molecule has 0 aliphatic carbocycles. The van der Waals surface area contributed by atoms with Crippen LogP contribution in [-0.2, 0) is 0 Å². The quantitative estimate of drug-likeness (QED) is 0.416. The molecular weight excluding hydrogens is 206 g/mol. The molecule has 0 aromatic carbocycles. The molecule has 1 aliphatic heterocycles. The van der Waals surface area contributed by atoms with Crippen LogP contribution in [0.25, 0.3) is 0 Å². The molecule has 3 nitrogen and oxygen atoms in total. The molecule has 11 heavy (non-hydrogen) atoms. The van der Waals surface area contributed by atoms with E-state index in [1.165, 1.54) is 6.42 Å². The van der Waals surface area contributed by atoms with Crippen molar-refractivity contribution < 1.29 is 0 Å². The fraction of sp³-hybridized carbons (Fsp3) is 0.857. The van der Waals surface area contributed by atoms with Crippen molar-refractivity contribution in [3.8, 4) is 0 Å². The van der Waals surface area contributed by atoms with Crippen LogP contribution in [0.3, 0.4) is 0 Å². The van der Waals surface area contributed by atoms with Crippen LogP contribution in [0, 0.1) is 0 Å². The van der Waals surface area contributed by atoms with Crippen LogP contribution in [0.5, 0.6) is 0 Å². The highest BCUT2D eigenvalue weighted by atomic mass is 79.9. The molecule has 1 atom stereocenters. The Kier molecular flexibility index (Phi) is 3.86. The molecule has 1 rings (SSSR count). The van der Waals surface area contributed by atoms with Crippen molar-refractivity contribution in [1.82, 2.24) is 10.6 Å². The van der Waals surface area contributed by atoms with Crippen LogP contribution in [-0.4, -0.2) is 30.4 Å². The third-order valence-corrected chi connectivity index (χ3v) is 2.00. The van der Waals surface area contributed by atoms with Crippen molar-refractivity contribution >= 4 is 21.8 Å². The molecule has 0 spiro atoms. The summed E-state index contributed by atoms with van der Waals surface area (Å²) in [6.45, 7) is 4.94. The van der Waals surface area contributed by atoms with Gasteiger partial charge in [0.2, 0.25) is 0 Å². The van der Waals surface area contributed by atoms with Gasteiger partial charge in [0, 0.05) is 0 Å². The van der Waals surface area contributed by atoms with Crippen LogP contribution in [0.1, 0.15) is 13.3 Å². The van der Waals surface area contributed by atoms with E-state index >= 15 is 0 Å². The maximum Gasteiger partial charge on any atom is 0.111 e. The average molecular weight is 220 g/mol. The van der Waals surface area contributed by atoms with E-state index in [-0.39, 0.29) is 0 Å². The van der Waals surface area contributed by atoms with Crippen LogP contribution in [0.4, 0.5) is 0 Å². The van der Waals surface area contributed by atoms with Crippen LogP contribution >= 0.6 is 15.9 Å². The summed E-state index contributed by atoms with van der Waals surface area (Å²) in [6, 6.07) is 0. The van der Waals surface area contributed by atoms with Gasteiger partial charge in [0.1, 0.15) is 10.8 Å². The van der Waals surface area contributed by atoms with Gasteiger partial charge in [-0.15, -0.1) is 0 Å². The Morgan fingerprint density at radius 1 is 1.82 bits per heavy atom. The molecule has 0 amide bonds. The summed E-state index contributed by atoms with van der Waals surface area (Å²) in [5, 5.41) is 6.50. The fourth-order valence-corrected chi connectivity index (χ4v) is 1.36. The number of halogens is 1. The summed E-state index contributed by atoms with van der Waals surface area (Å²) in [5.41, 5.74) is 0. The standard InChI is InChI=1S/C7H14BrN3/c1-2-3-9-5-7-10-4-6(8)11-7/h6,9H,2-5H2,1H3,(H,10,11). The third kappa shape index (κ3) is 3.20. The number of nitrogens with one attached hydrogen (secondary N) is 2. The van der Waals surface area contributed by atoms with Gasteiger partial charge in [-0.1, -0.05) is 22.9 Å². The topological polar surface area (TPSA) is 36.4 Å². The highest BCUT2D eigenvalue weighted by Gasteiger charge is 2.12. The number of rotatable bonds is 4. The van der Waals surface area contributed by atoms with E-state index in [4.69, 9.17) is 0 Å². The number of aliphatic imine (C=N–C) groups is 1. The Bertz CT molecular complexity index is 147. The molecule has 64 valence electrons. The number of nitrogens with zero attached hydrogens (tertiary/aromatic N) is 1. The summed E-state index contributed by atoms with van der Waals surface area (Å²) in [4.78, 5) is 4.63. The predicted molar refractivity (Wildman–Crippen MR) is 51.3 cm³/mol. The number of hydrogen-bond donors (Lipinski definition) is 2. The molecule has 0 saturated heterocycles. The highest BCUT2D eigenvalue weighted by molar-refractivity contribution is 9.09. The van der Waals surface area contributed by atoms with E-state index in [1.54, 1.807) is 0 Å². The van der Waals surface area contributed by atoms with Gasteiger partial charge in [-0.2, -0.15) is 0 Å². The van der Waals surface area contributed by atoms with Gasteiger partial charge >= 0.3 is 0 Å². The minimum Gasteiger partial charge on any atom is -0.359 e. The SMILES string of the molecule is CCCNCC1=NCC(Br)N1. The molecule has 1 aliphatic rings. The zero-order chi connectivity index (χ0) is 8.10. The first-order chi connectivity index (χ1) is 5.33. The molecule has 2 N–H and O–H groups in total. The molecule has 0 saturated carbocycles. The van der Waals surface area contributed by atoms with Crippen LogP contribution < -0.4 is 10.6 Å². The number of hydrogen-bond acceptors (Lipinski definition) is 3. The summed E-state index contributed by atoms with van der Waals surface area (Å²) in [5.74, 6) is 1.07. The first kappa shape index (κ1) is 9.00. The second-order valence-electron chi connectivity index (χ2n) is 2.58. The zero-order valence-electron chi connectivity index (χ0n) is 6.73. The Hall–Kier alpha value is -0.0900. The first-order valence-corrected chi connectivity index (χ1v) is 4.89. The van der Waals surface area contributed by atoms with Crippen molar-refractivity contribution in [2.45, 2.75) is 18.3 Å². The number of alkyl halides is 1. The van der Waals surface area contributed by atoms with E-state index in [0.717, 1.165) is 25.5 Å². The molecule has 0 aromatic heterocycles. The van der Waals surface area contributed by atoms with Gasteiger partial charge in [0.25, 0.3) is 0 Å². The largest absolute Gasteiger partial charge is 0.359 e. The van der Waals surface area contributed by atoms with E-state index < -0.39 is 0 Å². The third-order valence-electron chi connectivity index (χ3n) is 1.48. The molecule has 0 radical (unpaired) electrons. The smallest absolute Gasteiger partial charge is 0.111 e. The van der Waals surface area contributed by atoms with Gasteiger partial charge in [0.05, 0.1) is 13.1 Å². The minimum absolute atomic E-state index is 0.348. The van der Waals surface area contributed by atoms with Crippen molar-refractivity contribution in [2.24, 2.45) is 4.99 Å². The molecule has 0 bridgehead atoms. The second-order valence-corrected chi connectivity index (χ2v) is 3.68. The lowest BCUT2D eigenvalue weighted by Gasteiger charge is -2.04. The maximum absolute atomic E-state index is 4.28. The molecule has 1 heterocycles. The summed E-state index contributed by atoms with van der Waals surface area (Å²) < 4.78 is 0. The van der Waals surface area contributed by atoms with Crippen LogP contribution in [0.15, 0.2) is 4.99 Å². The van der Waals surface area contributed by atoms with E-state index in [1.807, 2.05) is 0 Å². The summed E-state index contributed by atoms with van der Waals surface area (Å²) in [7, 11) is 0. The lowest BCUT2D eigenvalue weighted by Crippen LogP contribution is -2.33. The van der Waals surface area contributed by atoms with Crippen LogP contribution in [0.2, 0.25) is 0 Å². The molecule has 0 fully saturated rings. The average Bonchev–Trinajstić information content (AvgIpc) is 2.37. The van der Waals surface area contributed by atoms with Gasteiger partial charge in [0.15, 0.2) is 0 Å². The zero-order valence-corrected chi connectivity index (χ0v) is 8.32. The van der Waals surface area contributed by atoms with Crippen molar-refractivity contribution in [2.75, 3.05) is 19.6 Å². The van der Waals surface area contributed by atoms with E-state index in [0.29, 0.717) is 4.95 Å². The lowest BCUT2D eigenvalue weighted by molar-refractivity contribution is 0.734. The van der Waals surface area contributed by atoms with Gasteiger partial charge < -0.3 is 10.6 Å². The number of amidine groups is 1. The van der Waals surface area contributed by atoms with E-state index in [2.05, 4.69) is 38.5 Å². The Labute approximate surface area is 75.8 Å². The summed E-state index contributed by atoms with van der Waals surface area (Å²) in [6.07, 6.45) is 1.17. The minimum atomic E-state index is 0.348. The molecule has 4 heteroatoms. The normalized spacial score (nSPS) is 23.1. The van der Waals surface area contributed by atoms with Crippen molar-refractivity contribution in [1.29, 1.82) is 0 Å². The van der Waals surface area contributed by atoms with Crippen molar-refractivity contribution in [3.63, 3.8) is 0 Å². The first-order valence-electron chi connectivity index (χ1n) is 3.97. The fourth-order valence-electron chi connectivity index (χ4n) is 0.953. The lowest BCUT2D eigenvalue weighted by atomic mass is 10.4. The second kappa shape index (κ2) is 4.72. The highest BCUT2D eigenvalue weighted by Crippen LogP contribution is 2.01. The predicted octanol–water partition coefficient (Wildman–Crippen LogP) is 0.709. The Morgan fingerprint density at radius 3 is 3.18 bits per heavy atom. The Balaban J connectivity index is 2.08. The monoisotopic (exact) mass is 219 g/mol. The molecular formula is C7H14BrN3. The Morgan fingerprint density at radius 2 is 2.64 bits per heavy atom. The molecule has 0 aromatic rings. The maximum atomic E-state index is 4.28. The summed E-state index contributed by atoms with van der Waals surface area (Å²) >= 11 is 3.43. The van der Waals surface area contributed by atoms with Gasteiger partial charge in [-0.3, -0.25) is 4.99 Å². The van der Waals surface area contributed by atoms with Gasteiger partial charge in [-0.05, 0) is 13.0 Å².